The van der Waals surface area contributed by atoms with Crippen molar-refractivity contribution in [2.24, 2.45) is 5.92 Å². The van der Waals surface area contributed by atoms with Gasteiger partial charge in [-0.15, -0.1) is 0 Å². The van der Waals surface area contributed by atoms with E-state index in [1.807, 2.05) is 0 Å². The minimum Gasteiger partial charge on any atom is -0.382 e. The number of halogens is 1. The summed E-state index contributed by atoms with van der Waals surface area (Å²) in [6, 6.07) is 1.36. The Kier molecular flexibility index (Phi) is 3.79. The van der Waals surface area contributed by atoms with Crippen molar-refractivity contribution in [1.29, 1.82) is 0 Å². The Balaban J connectivity index is 2.32. The lowest BCUT2D eigenvalue weighted by Gasteiger charge is -2.29. The lowest BCUT2D eigenvalue weighted by atomic mass is 10.0. The summed E-state index contributed by atoms with van der Waals surface area (Å²) in [6.07, 6.45) is 3.21. The first-order valence-electron chi connectivity index (χ1n) is 5.82. The summed E-state index contributed by atoms with van der Waals surface area (Å²) in [5, 5.41) is 0.168. The number of nitrogens with zero attached hydrogens (tertiary/aromatic N) is 2. The van der Waals surface area contributed by atoms with Crippen LogP contribution >= 0.6 is 11.6 Å². The van der Waals surface area contributed by atoms with Gasteiger partial charge in [-0.2, -0.15) is 4.31 Å². The largest absolute Gasteiger partial charge is 0.382 e. The second kappa shape index (κ2) is 5.03. The minimum atomic E-state index is -3.50. The number of sulfonamides is 1. The van der Waals surface area contributed by atoms with Crippen LogP contribution in [-0.4, -0.2) is 30.8 Å². The molecule has 0 amide bonds. The Labute approximate surface area is 112 Å². The Morgan fingerprint density at radius 3 is 2.89 bits per heavy atom. The van der Waals surface area contributed by atoms with Gasteiger partial charge in [-0.05, 0) is 24.8 Å². The molecule has 1 unspecified atom stereocenters. The van der Waals surface area contributed by atoms with Crippen molar-refractivity contribution in [3.05, 3.63) is 17.3 Å². The van der Waals surface area contributed by atoms with Crippen molar-refractivity contribution < 1.29 is 8.42 Å². The maximum absolute atomic E-state index is 12.4. The normalized spacial score (nSPS) is 22.0. The van der Waals surface area contributed by atoms with Gasteiger partial charge in [0.1, 0.15) is 10.7 Å². The molecule has 1 fully saturated rings. The second-order valence-corrected chi connectivity index (χ2v) is 6.99. The van der Waals surface area contributed by atoms with Crippen molar-refractivity contribution in [2.75, 3.05) is 18.8 Å². The number of rotatable bonds is 2. The molecule has 1 atom stereocenters. The minimum absolute atomic E-state index is 0.107. The van der Waals surface area contributed by atoms with E-state index in [4.69, 9.17) is 17.3 Å². The van der Waals surface area contributed by atoms with Gasteiger partial charge in [-0.25, -0.2) is 13.4 Å². The molecule has 0 radical (unpaired) electrons. The molecule has 1 aromatic rings. The Hall–Kier alpha value is -0.850. The van der Waals surface area contributed by atoms with Crippen LogP contribution in [0.2, 0.25) is 5.02 Å². The third kappa shape index (κ3) is 2.60. The van der Waals surface area contributed by atoms with E-state index >= 15 is 0 Å². The number of anilines is 1. The molecule has 100 valence electrons. The van der Waals surface area contributed by atoms with Crippen LogP contribution in [0.25, 0.3) is 0 Å². The topological polar surface area (TPSA) is 76.3 Å². The van der Waals surface area contributed by atoms with E-state index in [9.17, 15) is 8.42 Å². The summed E-state index contributed by atoms with van der Waals surface area (Å²) >= 11 is 5.82. The predicted molar refractivity (Wildman–Crippen MR) is 70.8 cm³/mol. The van der Waals surface area contributed by atoms with Crippen molar-refractivity contribution in [3.63, 3.8) is 0 Å². The van der Waals surface area contributed by atoms with Gasteiger partial charge < -0.3 is 5.73 Å². The third-order valence-corrected chi connectivity index (χ3v) is 5.24. The van der Waals surface area contributed by atoms with Gasteiger partial charge in [0.2, 0.25) is 10.0 Å². The summed E-state index contributed by atoms with van der Waals surface area (Å²) in [7, 11) is -3.50. The SMILES string of the molecule is CC1CCCN(S(=O)(=O)c2cnc(N)c(Cl)c2)C1. The van der Waals surface area contributed by atoms with Gasteiger partial charge in [0.15, 0.2) is 0 Å². The smallest absolute Gasteiger partial charge is 0.244 e. The van der Waals surface area contributed by atoms with Gasteiger partial charge in [-0.3, -0.25) is 0 Å². The van der Waals surface area contributed by atoms with Crippen molar-refractivity contribution in [2.45, 2.75) is 24.7 Å². The van der Waals surface area contributed by atoms with Crippen LogP contribution < -0.4 is 5.73 Å². The molecule has 0 bridgehead atoms. The average Bonchev–Trinajstić information content (AvgIpc) is 2.32. The predicted octanol–water partition coefficient (Wildman–Crippen LogP) is 1.74. The summed E-state index contributed by atoms with van der Waals surface area (Å²) in [4.78, 5) is 3.91. The zero-order valence-corrected chi connectivity index (χ0v) is 11.7. The average molecular weight is 290 g/mol. The highest BCUT2D eigenvalue weighted by atomic mass is 35.5. The second-order valence-electron chi connectivity index (χ2n) is 4.65. The zero-order valence-electron chi connectivity index (χ0n) is 10.1. The molecule has 0 saturated carbocycles. The van der Waals surface area contributed by atoms with Crippen LogP contribution in [-0.2, 0) is 10.0 Å². The Bertz CT molecular complexity index is 547. The molecule has 0 aliphatic carbocycles. The van der Waals surface area contributed by atoms with Crippen molar-refractivity contribution >= 4 is 27.4 Å². The zero-order chi connectivity index (χ0) is 13.3. The van der Waals surface area contributed by atoms with E-state index in [2.05, 4.69) is 11.9 Å². The van der Waals surface area contributed by atoms with Crippen LogP contribution in [0.3, 0.4) is 0 Å². The van der Waals surface area contributed by atoms with E-state index in [0.717, 1.165) is 12.8 Å². The first kappa shape index (κ1) is 13.6. The number of nitrogen functional groups attached to an aromatic ring is 1. The van der Waals surface area contributed by atoms with Crippen LogP contribution in [0.1, 0.15) is 19.8 Å². The molecule has 0 aromatic carbocycles. The van der Waals surface area contributed by atoms with E-state index in [1.165, 1.54) is 16.6 Å². The fourth-order valence-corrected chi connectivity index (χ4v) is 3.89. The van der Waals surface area contributed by atoms with Gasteiger partial charge in [0, 0.05) is 19.3 Å². The lowest BCUT2D eigenvalue weighted by Crippen LogP contribution is -2.39. The molecule has 2 N–H and O–H groups in total. The highest BCUT2D eigenvalue weighted by molar-refractivity contribution is 7.89. The molecule has 1 aliphatic rings. The van der Waals surface area contributed by atoms with E-state index < -0.39 is 10.0 Å². The van der Waals surface area contributed by atoms with E-state index in [0.29, 0.717) is 19.0 Å². The van der Waals surface area contributed by atoms with Gasteiger partial charge in [-0.1, -0.05) is 18.5 Å². The van der Waals surface area contributed by atoms with Crippen molar-refractivity contribution in [1.82, 2.24) is 9.29 Å². The van der Waals surface area contributed by atoms with Crippen LogP contribution in [0.4, 0.5) is 5.82 Å². The van der Waals surface area contributed by atoms with E-state index in [-0.39, 0.29) is 15.7 Å². The van der Waals surface area contributed by atoms with Crippen LogP contribution in [0, 0.1) is 5.92 Å². The molecule has 2 heterocycles. The molecule has 2 rings (SSSR count). The first-order chi connectivity index (χ1) is 8.41. The molecule has 1 aliphatic heterocycles. The monoisotopic (exact) mass is 289 g/mol. The van der Waals surface area contributed by atoms with Gasteiger partial charge in [0.05, 0.1) is 5.02 Å². The number of hydrogen-bond acceptors (Lipinski definition) is 4. The van der Waals surface area contributed by atoms with Crippen molar-refractivity contribution in [3.8, 4) is 0 Å². The number of pyridine rings is 1. The molecule has 1 saturated heterocycles. The molecule has 1 aromatic heterocycles. The Morgan fingerprint density at radius 1 is 1.56 bits per heavy atom. The standard InChI is InChI=1S/C11H16ClN3O2S/c1-8-3-2-4-15(7-8)18(16,17)9-5-10(12)11(13)14-6-9/h5-6,8H,2-4,7H2,1H3,(H2,13,14). The number of piperidine rings is 1. The van der Waals surface area contributed by atoms with E-state index in [1.54, 1.807) is 0 Å². The van der Waals surface area contributed by atoms with Gasteiger partial charge >= 0.3 is 0 Å². The summed E-state index contributed by atoms with van der Waals surface area (Å²) in [5.74, 6) is 0.522. The highest BCUT2D eigenvalue weighted by Crippen LogP contribution is 2.26. The van der Waals surface area contributed by atoms with Crippen LogP contribution in [0.5, 0.6) is 0 Å². The lowest BCUT2D eigenvalue weighted by molar-refractivity contribution is 0.281. The maximum Gasteiger partial charge on any atom is 0.244 e. The molecular formula is C11H16ClN3O2S. The number of nitrogens with two attached hydrogens (primary N) is 1. The number of hydrogen-bond donors (Lipinski definition) is 1. The highest BCUT2D eigenvalue weighted by Gasteiger charge is 2.29. The van der Waals surface area contributed by atoms with Crippen LogP contribution in [0.15, 0.2) is 17.2 Å². The molecule has 7 heteroatoms. The summed E-state index contributed by atoms with van der Waals surface area (Å²) in [5.41, 5.74) is 5.48. The maximum atomic E-state index is 12.4. The molecular weight excluding hydrogens is 274 g/mol. The van der Waals surface area contributed by atoms with Gasteiger partial charge in [0.25, 0.3) is 0 Å². The molecule has 0 spiro atoms. The fourth-order valence-electron chi connectivity index (χ4n) is 2.09. The summed E-state index contributed by atoms with van der Waals surface area (Å²) < 4.78 is 26.3. The first-order valence-corrected chi connectivity index (χ1v) is 7.64. The quantitative estimate of drug-likeness (QED) is 0.900. The number of aromatic nitrogens is 1. The Morgan fingerprint density at radius 2 is 2.28 bits per heavy atom. The third-order valence-electron chi connectivity index (χ3n) is 3.10. The summed E-state index contributed by atoms with van der Waals surface area (Å²) in [6.45, 7) is 3.15. The molecule has 18 heavy (non-hydrogen) atoms. The molecule has 5 nitrogen and oxygen atoms in total. The fraction of sp³-hybridized carbons (Fsp3) is 0.545.